The number of aliphatic hydroxyl groups excluding tert-OH is 1. The van der Waals surface area contributed by atoms with Crippen LogP contribution in [0.2, 0.25) is 0 Å². The Morgan fingerprint density at radius 3 is 3.00 bits per heavy atom. The van der Waals surface area contributed by atoms with E-state index in [1.807, 2.05) is 11.6 Å². The predicted octanol–water partition coefficient (Wildman–Crippen LogP) is -0.324. The van der Waals surface area contributed by atoms with Gasteiger partial charge in [0, 0.05) is 7.05 Å². The molecule has 0 amide bonds. The highest BCUT2D eigenvalue weighted by Gasteiger charge is 1.99. The number of nitrogens with one attached hydrogen (secondary N) is 1. The first-order chi connectivity index (χ1) is 6.20. The summed E-state index contributed by atoms with van der Waals surface area (Å²) >= 11 is 0. The van der Waals surface area contributed by atoms with Crippen LogP contribution in [0.3, 0.4) is 0 Å². The fourth-order valence-electron chi connectivity index (χ4n) is 0.978. The lowest BCUT2D eigenvalue weighted by atomic mass is 10.3. The molecule has 1 aromatic rings. The quantitative estimate of drug-likeness (QED) is 0.615. The minimum atomic E-state index is -0.244. The van der Waals surface area contributed by atoms with Crippen LogP contribution in [-0.2, 0) is 13.6 Å². The number of rotatable bonds is 5. The first-order valence-electron chi connectivity index (χ1n) is 4.42. The van der Waals surface area contributed by atoms with Crippen LogP contribution in [0.5, 0.6) is 0 Å². The Kier molecular flexibility index (Phi) is 3.85. The van der Waals surface area contributed by atoms with Crippen LogP contribution < -0.4 is 5.32 Å². The van der Waals surface area contributed by atoms with E-state index in [1.165, 1.54) is 0 Å². The van der Waals surface area contributed by atoms with Crippen LogP contribution in [0.1, 0.15) is 19.2 Å². The molecule has 5 heteroatoms. The summed E-state index contributed by atoms with van der Waals surface area (Å²) in [5.74, 6) is 0.908. The highest BCUT2D eigenvalue weighted by Crippen LogP contribution is 1.91. The van der Waals surface area contributed by atoms with Crippen molar-refractivity contribution in [3.63, 3.8) is 0 Å². The zero-order chi connectivity index (χ0) is 9.68. The summed E-state index contributed by atoms with van der Waals surface area (Å²) in [6.45, 7) is 3.28. The maximum Gasteiger partial charge on any atom is 0.146 e. The van der Waals surface area contributed by atoms with Gasteiger partial charge in [-0.05, 0) is 19.9 Å². The number of hydrogen-bond donors (Lipinski definition) is 2. The highest BCUT2D eigenvalue weighted by atomic mass is 16.3. The van der Waals surface area contributed by atoms with Crippen molar-refractivity contribution >= 4 is 0 Å². The molecule has 0 aliphatic heterocycles. The molecule has 0 bridgehead atoms. The number of nitrogens with zero attached hydrogens (tertiary/aromatic N) is 3. The molecule has 2 N–H and O–H groups in total. The molecular weight excluding hydrogens is 168 g/mol. The number of aryl methyl sites for hydroxylation is 1. The van der Waals surface area contributed by atoms with E-state index in [9.17, 15) is 0 Å². The molecule has 1 unspecified atom stereocenters. The predicted molar refractivity (Wildman–Crippen MR) is 49.0 cm³/mol. The van der Waals surface area contributed by atoms with Crippen molar-refractivity contribution in [1.29, 1.82) is 0 Å². The van der Waals surface area contributed by atoms with Crippen LogP contribution >= 0.6 is 0 Å². The zero-order valence-corrected chi connectivity index (χ0v) is 8.06. The maximum absolute atomic E-state index is 8.99. The topological polar surface area (TPSA) is 63.0 Å². The van der Waals surface area contributed by atoms with Gasteiger partial charge in [-0.2, -0.15) is 0 Å². The zero-order valence-electron chi connectivity index (χ0n) is 8.06. The van der Waals surface area contributed by atoms with Crippen molar-refractivity contribution in [2.24, 2.45) is 7.05 Å². The third-order valence-corrected chi connectivity index (χ3v) is 1.83. The Hall–Kier alpha value is -0.940. The fraction of sp³-hybridized carbons (Fsp3) is 0.750. The van der Waals surface area contributed by atoms with Gasteiger partial charge in [0.05, 0.1) is 12.6 Å². The molecule has 1 atom stereocenters. The molecule has 0 spiro atoms. The van der Waals surface area contributed by atoms with Crippen LogP contribution in [0.25, 0.3) is 0 Å². The molecular formula is C8H16N4O. The van der Waals surface area contributed by atoms with Gasteiger partial charge in [0.25, 0.3) is 0 Å². The van der Waals surface area contributed by atoms with Gasteiger partial charge in [0.15, 0.2) is 0 Å². The molecule has 0 fully saturated rings. The first kappa shape index (κ1) is 10.1. The minimum Gasteiger partial charge on any atom is -0.393 e. The van der Waals surface area contributed by atoms with E-state index in [1.54, 1.807) is 13.3 Å². The smallest absolute Gasteiger partial charge is 0.146 e. The van der Waals surface area contributed by atoms with E-state index >= 15 is 0 Å². The third-order valence-electron chi connectivity index (χ3n) is 1.83. The van der Waals surface area contributed by atoms with Crippen LogP contribution in [0, 0.1) is 0 Å². The Labute approximate surface area is 77.8 Å². The Balaban J connectivity index is 2.17. The van der Waals surface area contributed by atoms with E-state index < -0.39 is 0 Å². The van der Waals surface area contributed by atoms with Gasteiger partial charge in [0.2, 0.25) is 0 Å². The second-order valence-corrected chi connectivity index (χ2v) is 3.17. The van der Waals surface area contributed by atoms with Gasteiger partial charge in [-0.15, -0.1) is 10.2 Å². The molecule has 5 nitrogen and oxygen atoms in total. The second-order valence-electron chi connectivity index (χ2n) is 3.17. The maximum atomic E-state index is 8.99. The lowest BCUT2D eigenvalue weighted by molar-refractivity contribution is 0.183. The van der Waals surface area contributed by atoms with E-state index in [0.29, 0.717) is 6.54 Å². The number of hydrogen-bond acceptors (Lipinski definition) is 4. The normalized spacial score (nSPS) is 13.2. The van der Waals surface area contributed by atoms with Gasteiger partial charge in [-0.25, -0.2) is 0 Å². The summed E-state index contributed by atoms with van der Waals surface area (Å²) in [6, 6.07) is 0. The van der Waals surface area contributed by atoms with Crippen LogP contribution in [0.15, 0.2) is 6.33 Å². The van der Waals surface area contributed by atoms with Gasteiger partial charge in [-0.1, -0.05) is 0 Å². The summed E-state index contributed by atoms with van der Waals surface area (Å²) < 4.78 is 1.87. The van der Waals surface area contributed by atoms with Crippen molar-refractivity contribution in [3.8, 4) is 0 Å². The van der Waals surface area contributed by atoms with Crippen LogP contribution in [-0.4, -0.2) is 32.5 Å². The van der Waals surface area contributed by atoms with Gasteiger partial charge >= 0.3 is 0 Å². The molecule has 1 heterocycles. The van der Waals surface area contributed by atoms with Crippen molar-refractivity contribution in [3.05, 3.63) is 12.2 Å². The molecule has 0 aliphatic rings. The van der Waals surface area contributed by atoms with Crippen LogP contribution in [0.4, 0.5) is 0 Å². The Morgan fingerprint density at radius 2 is 2.46 bits per heavy atom. The summed E-state index contributed by atoms with van der Waals surface area (Å²) in [4.78, 5) is 0. The van der Waals surface area contributed by atoms with E-state index in [4.69, 9.17) is 5.11 Å². The minimum absolute atomic E-state index is 0.244. The monoisotopic (exact) mass is 184 g/mol. The van der Waals surface area contributed by atoms with Gasteiger partial charge in [0.1, 0.15) is 12.2 Å². The standard InChI is InChI=1S/C8H16N4O/c1-7(13)3-4-9-5-8-11-10-6-12(8)2/h6-7,9,13H,3-5H2,1-2H3. The average Bonchev–Trinajstić information content (AvgIpc) is 2.45. The Bertz CT molecular complexity index is 246. The molecule has 0 aliphatic carbocycles. The number of aliphatic hydroxyl groups is 1. The van der Waals surface area contributed by atoms with Gasteiger partial charge < -0.3 is 15.0 Å². The molecule has 13 heavy (non-hydrogen) atoms. The van der Waals surface area contributed by atoms with Crippen molar-refractivity contribution in [2.75, 3.05) is 6.54 Å². The lowest BCUT2D eigenvalue weighted by Crippen LogP contribution is -2.20. The first-order valence-corrected chi connectivity index (χ1v) is 4.42. The highest BCUT2D eigenvalue weighted by molar-refractivity contribution is 4.82. The molecule has 1 aromatic heterocycles. The second kappa shape index (κ2) is 4.94. The Morgan fingerprint density at radius 1 is 1.69 bits per heavy atom. The largest absolute Gasteiger partial charge is 0.393 e. The fourth-order valence-corrected chi connectivity index (χ4v) is 0.978. The van der Waals surface area contributed by atoms with E-state index in [-0.39, 0.29) is 6.10 Å². The summed E-state index contributed by atoms with van der Waals surface area (Å²) in [5.41, 5.74) is 0. The summed E-state index contributed by atoms with van der Waals surface area (Å²) in [5, 5.41) is 19.8. The molecule has 74 valence electrons. The van der Waals surface area contributed by atoms with Crippen molar-refractivity contribution in [1.82, 2.24) is 20.1 Å². The SMILES string of the molecule is CC(O)CCNCc1nncn1C. The van der Waals surface area contributed by atoms with E-state index in [0.717, 1.165) is 18.8 Å². The number of aromatic nitrogens is 3. The summed E-state index contributed by atoms with van der Waals surface area (Å²) in [6.07, 6.45) is 2.19. The summed E-state index contributed by atoms with van der Waals surface area (Å²) in [7, 11) is 1.91. The molecule has 1 rings (SSSR count). The van der Waals surface area contributed by atoms with Crippen molar-refractivity contribution in [2.45, 2.75) is 26.0 Å². The third kappa shape index (κ3) is 3.52. The van der Waals surface area contributed by atoms with E-state index in [2.05, 4.69) is 15.5 Å². The molecule has 0 aromatic carbocycles. The molecule has 0 saturated heterocycles. The lowest BCUT2D eigenvalue weighted by Gasteiger charge is -2.05. The molecule has 0 radical (unpaired) electrons. The molecule has 0 saturated carbocycles. The van der Waals surface area contributed by atoms with Gasteiger partial charge in [-0.3, -0.25) is 0 Å². The van der Waals surface area contributed by atoms with Crippen molar-refractivity contribution < 1.29 is 5.11 Å². The average molecular weight is 184 g/mol.